The molecular formula is C38H24O6. The highest BCUT2D eigenvalue weighted by Gasteiger charge is 2.27. The molecule has 0 saturated heterocycles. The van der Waals surface area contributed by atoms with Crippen LogP contribution < -0.4 is 0 Å². The second kappa shape index (κ2) is 9.44. The molecule has 8 rings (SSSR count). The summed E-state index contributed by atoms with van der Waals surface area (Å²) < 4.78 is 6.01. The molecule has 0 aliphatic rings. The fourth-order valence-corrected chi connectivity index (χ4v) is 6.37. The summed E-state index contributed by atoms with van der Waals surface area (Å²) in [5, 5.41) is 57.8. The van der Waals surface area contributed by atoms with E-state index in [1.165, 1.54) is 0 Å². The summed E-state index contributed by atoms with van der Waals surface area (Å²) in [5.74, 6) is -4.27. The van der Waals surface area contributed by atoms with Crippen LogP contribution in [0.2, 0.25) is 0 Å². The number of hydrogen-bond acceptors (Lipinski definition) is 6. The zero-order valence-corrected chi connectivity index (χ0v) is 23.1. The van der Waals surface area contributed by atoms with E-state index in [1.54, 1.807) is 0 Å². The number of hydrogen-bond donors (Lipinski definition) is 5. The molecule has 0 radical (unpaired) electrons. The van der Waals surface area contributed by atoms with Crippen LogP contribution in [-0.2, 0) is 0 Å². The van der Waals surface area contributed by atoms with E-state index < -0.39 is 28.7 Å². The van der Waals surface area contributed by atoms with Crippen LogP contribution in [0.25, 0.3) is 76.9 Å². The van der Waals surface area contributed by atoms with Gasteiger partial charge in [0.15, 0.2) is 11.5 Å². The minimum atomic E-state index is -0.992. The van der Waals surface area contributed by atoms with Gasteiger partial charge in [-0.3, -0.25) is 0 Å². The Bertz CT molecular complexity index is 2350. The summed E-state index contributed by atoms with van der Waals surface area (Å²) in [6.45, 7) is 0. The minimum absolute atomic E-state index is 0.172. The molecule has 0 bridgehead atoms. The fourth-order valence-electron chi connectivity index (χ4n) is 6.37. The maximum Gasteiger partial charge on any atom is 0.208 e. The van der Waals surface area contributed by atoms with Gasteiger partial charge in [0, 0.05) is 16.3 Å². The molecule has 212 valence electrons. The van der Waals surface area contributed by atoms with Crippen LogP contribution in [0.4, 0.5) is 0 Å². The largest absolute Gasteiger partial charge is 0.504 e. The van der Waals surface area contributed by atoms with Crippen LogP contribution in [-0.4, -0.2) is 25.5 Å². The van der Waals surface area contributed by atoms with Crippen molar-refractivity contribution in [1.82, 2.24) is 0 Å². The highest BCUT2D eigenvalue weighted by atomic mass is 16.4. The van der Waals surface area contributed by atoms with E-state index in [0.29, 0.717) is 16.3 Å². The summed E-state index contributed by atoms with van der Waals surface area (Å²) >= 11 is 0. The van der Waals surface area contributed by atoms with Gasteiger partial charge in [0.1, 0.15) is 11.2 Å². The van der Waals surface area contributed by atoms with E-state index in [0.717, 1.165) is 55.0 Å². The summed E-state index contributed by atoms with van der Waals surface area (Å²) in [4.78, 5) is 0. The van der Waals surface area contributed by atoms with E-state index in [2.05, 4.69) is 42.5 Å². The molecule has 0 spiro atoms. The first-order valence-corrected chi connectivity index (χ1v) is 14.1. The van der Waals surface area contributed by atoms with Crippen LogP contribution in [0.1, 0.15) is 0 Å². The van der Waals surface area contributed by atoms with E-state index in [4.69, 9.17) is 4.42 Å². The van der Waals surface area contributed by atoms with Gasteiger partial charge in [0.25, 0.3) is 0 Å². The van der Waals surface area contributed by atoms with Crippen molar-refractivity contribution in [3.05, 3.63) is 115 Å². The Balaban J connectivity index is 1.34. The summed E-state index contributed by atoms with van der Waals surface area (Å²) in [5.41, 5.74) is 5.98. The molecule has 0 fully saturated rings. The number of furan rings is 1. The number of aromatic hydroxyl groups is 5. The number of para-hydroxylation sites is 1. The first-order valence-electron chi connectivity index (χ1n) is 14.1. The molecule has 0 unspecified atom stereocenters. The van der Waals surface area contributed by atoms with E-state index >= 15 is 0 Å². The Kier molecular flexibility index (Phi) is 5.48. The predicted octanol–water partition coefficient (Wildman–Crippen LogP) is 9.42. The van der Waals surface area contributed by atoms with Crippen molar-refractivity contribution in [3.63, 3.8) is 0 Å². The number of phenols is 5. The van der Waals surface area contributed by atoms with Crippen molar-refractivity contribution in [1.29, 1.82) is 0 Å². The average molecular weight is 577 g/mol. The molecule has 0 aliphatic heterocycles. The van der Waals surface area contributed by atoms with Gasteiger partial charge in [0.2, 0.25) is 17.2 Å². The maximum atomic E-state index is 10.9. The van der Waals surface area contributed by atoms with Crippen molar-refractivity contribution >= 4 is 43.5 Å². The standard InChI is InChI=1S/C38H24O6/c39-34-33(35(40)37(42)38(43)36(34)41)32-26-10-3-1-8-24(26)31(25-9-2-4-11-27(25)32)21-15-13-20(14-16-21)22-17-18-30-28(19-22)23-7-5-6-12-29(23)44-30/h1-19,39-43H. The van der Waals surface area contributed by atoms with Crippen molar-refractivity contribution < 1.29 is 29.9 Å². The fraction of sp³-hybridized carbons (Fsp3) is 0. The highest BCUT2D eigenvalue weighted by molar-refractivity contribution is 6.22. The van der Waals surface area contributed by atoms with Gasteiger partial charge in [-0.05, 0) is 62.0 Å². The molecule has 1 heterocycles. The molecule has 7 aromatic carbocycles. The van der Waals surface area contributed by atoms with E-state index in [-0.39, 0.29) is 5.56 Å². The SMILES string of the molecule is Oc1c(O)c(O)c(-c2c3ccccc3c(-c3ccc(-c4ccc5oc6ccccc6c5c4)cc3)c3ccccc23)c(O)c1O. The van der Waals surface area contributed by atoms with Crippen LogP contribution in [0, 0.1) is 0 Å². The lowest BCUT2D eigenvalue weighted by Crippen LogP contribution is -1.92. The number of fused-ring (bicyclic) bond motifs is 5. The van der Waals surface area contributed by atoms with Crippen molar-refractivity contribution in [2.75, 3.05) is 0 Å². The quantitative estimate of drug-likeness (QED) is 0.0813. The normalized spacial score (nSPS) is 11.6. The number of rotatable bonds is 3. The Morgan fingerprint density at radius 2 is 0.750 bits per heavy atom. The second-order valence-corrected chi connectivity index (χ2v) is 10.8. The molecule has 44 heavy (non-hydrogen) atoms. The van der Waals surface area contributed by atoms with Gasteiger partial charge in [0.05, 0.1) is 5.56 Å². The molecule has 8 aromatic rings. The molecule has 5 N–H and O–H groups in total. The maximum absolute atomic E-state index is 10.9. The number of phenolic OH excluding ortho intramolecular Hbond substituents is 5. The lowest BCUT2D eigenvalue weighted by molar-refractivity contribution is 0.330. The summed E-state index contributed by atoms with van der Waals surface area (Å²) in [7, 11) is 0. The predicted molar refractivity (Wildman–Crippen MR) is 173 cm³/mol. The third-order valence-corrected chi connectivity index (χ3v) is 8.44. The van der Waals surface area contributed by atoms with Gasteiger partial charge in [-0.25, -0.2) is 0 Å². The topological polar surface area (TPSA) is 114 Å². The second-order valence-electron chi connectivity index (χ2n) is 10.8. The monoisotopic (exact) mass is 576 g/mol. The van der Waals surface area contributed by atoms with Crippen LogP contribution in [0.3, 0.4) is 0 Å². The zero-order valence-electron chi connectivity index (χ0n) is 23.1. The molecule has 0 atom stereocenters. The highest BCUT2D eigenvalue weighted by Crippen LogP contribution is 2.57. The molecule has 6 nitrogen and oxygen atoms in total. The van der Waals surface area contributed by atoms with E-state index in [1.807, 2.05) is 72.8 Å². The Labute approximate surface area is 250 Å². The van der Waals surface area contributed by atoms with Gasteiger partial charge < -0.3 is 29.9 Å². The first-order chi connectivity index (χ1) is 21.4. The Hall–Kier alpha value is -6.14. The van der Waals surface area contributed by atoms with Crippen LogP contribution in [0.15, 0.2) is 120 Å². The molecule has 1 aromatic heterocycles. The number of benzene rings is 7. The Morgan fingerprint density at radius 3 is 1.34 bits per heavy atom. The molecule has 0 saturated carbocycles. The van der Waals surface area contributed by atoms with Crippen LogP contribution >= 0.6 is 0 Å². The third-order valence-electron chi connectivity index (χ3n) is 8.44. The molecule has 0 amide bonds. The van der Waals surface area contributed by atoms with Gasteiger partial charge >= 0.3 is 0 Å². The van der Waals surface area contributed by atoms with Crippen LogP contribution in [0.5, 0.6) is 28.7 Å². The third kappa shape index (κ3) is 3.61. The smallest absolute Gasteiger partial charge is 0.208 e. The molecule has 0 aliphatic carbocycles. The lowest BCUT2D eigenvalue weighted by Gasteiger charge is -2.20. The Morgan fingerprint density at radius 1 is 0.318 bits per heavy atom. The zero-order chi connectivity index (χ0) is 30.1. The van der Waals surface area contributed by atoms with Gasteiger partial charge in [-0.15, -0.1) is 0 Å². The summed E-state index contributed by atoms with van der Waals surface area (Å²) in [6, 6.07) is 37.7. The average Bonchev–Trinajstić information content (AvgIpc) is 3.44. The van der Waals surface area contributed by atoms with Crippen molar-refractivity contribution in [3.8, 4) is 62.1 Å². The van der Waals surface area contributed by atoms with Gasteiger partial charge in [-0.2, -0.15) is 0 Å². The molecule has 6 heteroatoms. The van der Waals surface area contributed by atoms with Crippen molar-refractivity contribution in [2.24, 2.45) is 0 Å². The summed E-state index contributed by atoms with van der Waals surface area (Å²) in [6.07, 6.45) is 0. The van der Waals surface area contributed by atoms with Crippen molar-refractivity contribution in [2.45, 2.75) is 0 Å². The van der Waals surface area contributed by atoms with Gasteiger partial charge in [-0.1, -0.05) is 97.1 Å². The minimum Gasteiger partial charge on any atom is -0.504 e. The first kappa shape index (κ1) is 25.6. The molecular weight excluding hydrogens is 552 g/mol. The lowest BCUT2D eigenvalue weighted by atomic mass is 9.85. The van der Waals surface area contributed by atoms with E-state index in [9.17, 15) is 25.5 Å².